The molecule has 4 atom stereocenters. The van der Waals surface area contributed by atoms with E-state index in [0.29, 0.717) is 12.8 Å². The molecule has 1 fully saturated rings. The van der Waals surface area contributed by atoms with Gasteiger partial charge in [-0.15, -0.1) is 0 Å². The maximum absolute atomic E-state index is 12.5. The second-order valence-corrected chi connectivity index (χ2v) is 7.64. The van der Waals surface area contributed by atoms with Crippen molar-refractivity contribution in [3.05, 3.63) is 0 Å². The molecule has 15 heteroatoms. The van der Waals surface area contributed by atoms with Crippen LogP contribution in [-0.2, 0) is 28.8 Å². The molecule has 1 saturated heterocycles. The summed E-state index contributed by atoms with van der Waals surface area (Å²) in [7, 11) is 0. The van der Waals surface area contributed by atoms with Gasteiger partial charge in [-0.1, -0.05) is 0 Å². The van der Waals surface area contributed by atoms with E-state index in [2.05, 4.69) is 16.0 Å². The minimum absolute atomic E-state index is 0. The van der Waals surface area contributed by atoms with Crippen molar-refractivity contribution < 1.29 is 49.2 Å². The largest absolute Gasteiger partial charge is 0.481 e. The van der Waals surface area contributed by atoms with Crippen LogP contribution in [0.3, 0.4) is 0 Å². The number of carboxylic acids is 2. The van der Waals surface area contributed by atoms with Crippen LogP contribution in [0.2, 0.25) is 0 Å². The Morgan fingerprint density at radius 3 is 2.21 bits per heavy atom. The summed E-state index contributed by atoms with van der Waals surface area (Å²) in [6.45, 7) is 0.513. The standard InChI is InChI=1S/C19H30N4O10.Fm/c1-10(17(31)22-12(9-24)18(32)20-5-3-2-4-15(27)28)21-19(33)13-6-11(25)8-23(13)14(26)7-16(29)30;/h10-13,24-25H,2-9H2,1H3,(H,20,32)(H,21,33)(H,22,31)(H,27,28)(H,29,30);/t10-,11+,12-,13-;/m0./s1. The fourth-order valence-corrected chi connectivity index (χ4v) is 3.17. The fourth-order valence-electron chi connectivity index (χ4n) is 3.17. The first-order valence-electron chi connectivity index (χ1n) is 10.4. The third kappa shape index (κ3) is 9.48. The molecule has 1 rings (SSSR count). The zero-order chi connectivity index (χ0) is 25.1. The Morgan fingerprint density at radius 1 is 1.00 bits per heavy atom. The van der Waals surface area contributed by atoms with Crippen molar-refractivity contribution in [1.29, 1.82) is 0 Å². The van der Waals surface area contributed by atoms with Crippen LogP contribution in [-0.4, -0.2) is 105 Å². The molecule has 0 saturated carbocycles. The Hall–Kier alpha value is -4.26. The van der Waals surface area contributed by atoms with Crippen molar-refractivity contribution in [3.8, 4) is 0 Å². The van der Waals surface area contributed by atoms with Crippen LogP contribution in [0, 0.1) is 0 Å². The quantitative estimate of drug-likeness (QED) is 0.0742. The summed E-state index contributed by atoms with van der Waals surface area (Å²) in [5.41, 5.74) is 0. The van der Waals surface area contributed by atoms with Crippen LogP contribution in [0.1, 0.15) is 39.0 Å². The molecule has 0 radical (unpaired) electrons. The number of unbranched alkanes of at least 4 members (excludes halogenated alkanes) is 1. The molecule has 1 heterocycles. The second kappa shape index (κ2) is 14.0. The number of hydrogen-bond acceptors (Lipinski definition) is 8. The van der Waals surface area contributed by atoms with Gasteiger partial charge in [0.25, 0.3) is 0 Å². The molecular formula is C19H30FmN4O10. The smallest absolute Gasteiger partial charge is 0.312 e. The topological polar surface area (TPSA) is 223 Å². The maximum Gasteiger partial charge on any atom is 0.312 e. The molecule has 0 aromatic rings. The number of likely N-dealkylation sites (tertiary alicyclic amines) is 1. The number of aliphatic hydroxyl groups excluding tert-OH is 2. The molecule has 1 aliphatic heterocycles. The van der Waals surface area contributed by atoms with E-state index in [0.717, 1.165) is 4.90 Å². The minimum Gasteiger partial charge on any atom is -0.481 e. The van der Waals surface area contributed by atoms with Crippen LogP contribution >= 0.6 is 0 Å². The fraction of sp³-hybridized carbons (Fsp3) is 0.684. The van der Waals surface area contributed by atoms with Gasteiger partial charge >= 0.3 is 11.9 Å². The molecule has 0 aromatic carbocycles. The third-order valence-corrected chi connectivity index (χ3v) is 4.89. The number of nitrogens with one attached hydrogen (secondary N) is 3. The van der Waals surface area contributed by atoms with E-state index in [1.54, 1.807) is 0 Å². The molecule has 0 spiro atoms. The van der Waals surface area contributed by atoms with Gasteiger partial charge in [0.05, 0.1) is 12.7 Å². The molecule has 0 aromatic heterocycles. The Balaban J connectivity index is 0.0000109. The Labute approximate surface area is 189 Å². The monoisotopic (exact) mass is 731 g/mol. The van der Waals surface area contributed by atoms with Gasteiger partial charge in [-0.25, -0.2) is 0 Å². The summed E-state index contributed by atoms with van der Waals surface area (Å²) in [5, 5.41) is 43.6. The van der Waals surface area contributed by atoms with E-state index < -0.39 is 72.8 Å². The first kappa shape index (κ1) is 29.7. The first-order valence-corrected chi connectivity index (χ1v) is 10.4. The van der Waals surface area contributed by atoms with E-state index in [4.69, 9.17) is 10.2 Å². The number of nitrogens with zero attached hydrogens (tertiary/aromatic N) is 1. The number of carbonyl (C=O) groups is 6. The van der Waals surface area contributed by atoms with Crippen LogP contribution in [0.15, 0.2) is 0 Å². The number of aliphatic carboxylic acids is 2. The van der Waals surface area contributed by atoms with Gasteiger partial charge < -0.3 is 41.3 Å². The third-order valence-electron chi connectivity index (χ3n) is 4.89. The van der Waals surface area contributed by atoms with E-state index in [1.165, 1.54) is 6.92 Å². The van der Waals surface area contributed by atoms with Gasteiger partial charge in [0.1, 0.15) is 24.5 Å². The number of β-amino-alcohol motifs (C(OH)–C–C–N with tert-alkyl or cyclic N) is 1. The van der Waals surface area contributed by atoms with E-state index in [-0.39, 0.29) is 25.9 Å². The van der Waals surface area contributed by atoms with E-state index in [9.17, 15) is 39.0 Å². The van der Waals surface area contributed by atoms with Gasteiger partial charge in [-0.2, -0.15) is 0 Å². The maximum atomic E-state index is 12.5. The number of hydrogen-bond donors (Lipinski definition) is 7. The van der Waals surface area contributed by atoms with Crippen molar-refractivity contribution in [2.75, 3.05) is 19.7 Å². The molecule has 14 nitrogen and oxygen atoms in total. The SMILES string of the molecule is C[C@H](NC(=O)[C@@H]1C[C@@H](O)CN1C(=O)CC(=O)O)C(=O)N[C@@H](CO)C(=O)NCCCCC(=O)O.[Fm]. The summed E-state index contributed by atoms with van der Waals surface area (Å²) < 4.78 is 0. The molecule has 1 aliphatic rings. The molecule has 0 bridgehead atoms. The summed E-state index contributed by atoms with van der Waals surface area (Å²) >= 11 is 0. The number of carbonyl (C=O) groups excluding carboxylic acids is 4. The molecule has 0 unspecified atom stereocenters. The van der Waals surface area contributed by atoms with Crippen molar-refractivity contribution >= 4 is 35.6 Å². The van der Waals surface area contributed by atoms with Crippen molar-refractivity contribution in [3.63, 3.8) is 0 Å². The number of carboxylic acid groups (broad SMARTS) is 2. The van der Waals surface area contributed by atoms with Gasteiger partial charge in [0.15, 0.2) is 0 Å². The summed E-state index contributed by atoms with van der Waals surface area (Å²) in [6.07, 6.45) is -1.33. The zero-order valence-electron chi connectivity index (χ0n) is 18.4. The molecule has 0 aliphatic carbocycles. The molecule has 4 amide bonds. The van der Waals surface area contributed by atoms with E-state index >= 15 is 0 Å². The number of aliphatic hydroxyl groups is 2. The normalized spacial score (nSPS) is 18.7. The molecule has 7 N–H and O–H groups in total. The average Bonchev–Trinajstić information content (AvgIpc) is 3.12. The van der Waals surface area contributed by atoms with Crippen LogP contribution in [0.5, 0.6) is 0 Å². The zero-order valence-corrected chi connectivity index (χ0v) is 20.8. The van der Waals surface area contributed by atoms with Crippen LogP contribution in [0.4, 0.5) is 0 Å². The van der Waals surface area contributed by atoms with Crippen molar-refractivity contribution in [1.82, 2.24) is 20.9 Å². The van der Waals surface area contributed by atoms with Gasteiger partial charge in [0, 0.05) is 25.9 Å². The van der Waals surface area contributed by atoms with Gasteiger partial charge in [0.2, 0.25) is 23.6 Å². The Kier molecular flexibility index (Phi) is 12.2. The Bertz CT molecular complexity index is 765. The summed E-state index contributed by atoms with van der Waals surface area (Å²) in [4.78, 5) is 71.2. The van der Waals surface area contributed by atoms with Gasteiger partial charge in [-0.05, 0) is 19.8 Å². The number of amides is 4. The molecule has 34 heavy (non-hydrogen) atoms. The van der Waals surface area contributed by atoms with Crippen molar-refractivity contribution in [2.45, 2.75) is 63.3 Å². The van der Waals surface area contributed by atoms with Gasteiger partial charge in [-0.3, -0.25) is 28.8 Å². The van der Waals surface area contributed by atoms with Crippen molar-refractivity contribution in [2.24, 2.45) is 0 Å². The van der Waals surface area contributed by atoms with Crippen LogP contribution < -0.4 is 16.0 Å². The molecule has 198 valence electrons. The first-order chi connectivity index (χ1) is 15.5. The average molecular weight is 731 g/mol. The molecular weight excluding hydrogens is 701 g/mol. The summed E-state index contributed by atoms with van der Waals surface area (Å²) in [5.74, 6) is -5.47. The van der Waals surface area contributed by atoms with Crippen LogP contribution in [0.25, 0.3) is 0 Å². The summed E-state index contributed by atoms with van der Waals surface area (Å²) in [6, 6.07) is -3.65. The Morgan fingerprint density at radius 2 is 1.65 bits per heavy atom. The second-order valence-electron chi connectivity index (χ2n) is 7.64. The number of rotatable bonds is 13. The van der Waals surface area contributed by atoms with E-state index in [1.807, 2.05) is 0 Å². The minimum atomic E-state index is -1.39. The predicted molar refractivity (Wildman–Crippen MR) is 109 cm³/mol. The predicted octanol–water partition coefficient (Wildman–Crippen LogP) is -3.22.